The van der Waals surface area contributed by atoms with Gasteiger partial charge in [-0.25, -0.2) is 4.68 Å². The summed E-state index contributed by atoms with van der Waals surface area (Å²) in [6.45, 7) is 11.4. The Morgan fingerprint density at radius 3 is 2.62 bits per heavy atom. The summed E-state index contributed by atoms with van der Waals surface area (Å²) in [5.74, 6) is 0. The molecule has 5 heteroatoms. The molecule has 2 heterocycles. The molecule has 5 nitrogen and oxygen atoms in total. The van der Waals surface area contributed by atoms with Gasteiger partial charge >= 0.3 is 0 Å². The monoisotopic (exact) mass is 328 g/mol. The van der Waals surface area contributed by atoms with Gasteiger partial charge in [0.15, 0.2) is 0 Å². The summed E-state index contributed by atoms with van der Waals surface area (Å²) in [5, 5.41) is 8.16. The molecule has 0 unspecified atom stereocenters. The Balaban J connectivity index is 1.59. The molecule has 24 heavy (non-hydrogen) atoms. The van der Waals surface area contributed by atoms with Crippen molar-refractivity contribution in [2.24, 2.45) is 0 Å². The summed E-state index contributed by atoms with van der Waals surface area (Å²) in [4.78, 5) is 2.50. The molecule has 2 aromatic rings. The molecule has 1 N–H and O–H groups in total. The quantitative estimate of drug-likeness (QED) is 0.885. The maximum atomic E-state index is 5.46. The zero-order valence-corrected chi connectivity index (χ0v) is 14.9. The Labute approximate surface area is 144 Å². The van der Waals surface area contributed by atoms with Gasteiger partial charge in [-0.2, -0.15) is 5.10 Å². The summed E-state index contributed by atoms with van der Waals surface area (Å²) < 4.78 is 7.39. The van der Waals surface area contributed by atoms with Crippen LogP contribution in [0, 0.1) is 0 Å². The highest BCUT2D eigenvalue weighted by molar-refractivity contribution is 5.31. The first-order valence-corrected chi connectivity index (χ1v) is 8.72. The van der Waals surface area contributed by atoms with Gasteiger partial charge in [-0.05, 0) is 32.9 Å². The van der Waals surface area contributed by atoms with E-state index in [0.29, 0.717) is 0 Å². The molecule has 1 aromatic heterocycles. The molecule has 0 saturated carbocycles. The van der Waals surface area contributed by atoms with E-state index in [9.17, 15) is 0 Å². The number of morpholine rings is 1. The third-order valence-corrected chi connectivity index (χ3v) is 4.83. The number of para-hydroxylation sites is 1. The van der Waals surface area contributed by atoms with Crippen LogP contribution in [0.3, 0.4) is 0 Å². The van der Waals surface area contributed by atoms with E-state index in [2.05, 4.69) is 54.4 Å². The van der Waals surface area contributed by atoms with Crippen LogP contribution in [0.1, 0.15) is 32.4 Å². The lowest BCUT2D eigenvalue weighted by molar-refractivity contribution is -0.0102. The third kappa shape index (κ3) is 4.04. The van der Waals surface area contributed by atoms with Gasteiger partial charge in [-0.1, -0.05) is 18.2 Å². The van der Waals surface area contributed by atoms with E-state index >= 15 is 0 Å². The second-order valence-corrected chi connectivity index (χ2v) is 7.07. The van der Waals surface area contributed by atoms with E-state index in [4.69, 9.17) is 4.74 Å². The standard InChI is InChI=1S/C19H28N4O/c1-16(20-15-19(2,3)22-9-11-24-12-10-22)17-13-21-23(14-17)18-7-5-4-6-8-18/h4-8,13-14,16,20H,9-12,15H2,1-3H3/t16-/m0/s1. The van der Waals surface area contributed by atoms with E-state index in [1.54, 1.807) is 0 Å². The summed E-state index contributed by atoms with van der Waals surface area (Å²) in [7, 11) is 0. The zero-order chi connectivity index (χ0) is 17.0. The molecular formula is C19H28N4O. The van der Waals surface area contributed by atoms with Crippen LogP contribution in [-0.4, -0.2) is 53.1 Å². The number of hydrogen-bond donors (Lipinski definition) is 1. The molecule has 1 aliphatic heterocycles. The van der Waals surface area contributed by atoms with Crippen LogP contribution in [0.4, 0.5) is 0 Å². The maximum absolute atomic E-state index is 5.46. The van der Waals surface area contributed by atoms with Gasteiger partial charge < -0.3 is 10.1 Å². The number of benzene rings is 1. The highest BCUT2D eigenvalue weighted by Crippen LogP contribution is 2.19. The Morgan fingerprint density at radius 1 is 1.21 bits per heavy atom. The molecule has 1 fully saturated rings. The van der Waals surface area contributed by atoms with Crippen molar-refractivity contribution in [1.29, 1.82) is 0 Å². The van der Waals surface area contributed by atoms with Gasteiger partial charge in [-0.15, -0.1) is 0 Å². The fourth-order valence-electron chi connectivity index (χ4n) is 3.08. The molecule has 0 bridgehead atoms. The minimum Gasteiger partial charge on any atom is -0.379 e. The lowest BCUT2D eigenvalue weighted by Crippen LogP contribution is -2.54. The van der Waals surface area contributed by atoms with Crippen molar-refractivity contribution >= 4 is 0 Å². The number of nitrogens with one attached hydrogen (secondary N) is 1. The highest BCUT2D eigenvalue weighted by atomic mass is 16.5. The third-order valence-electron chi connectivity index (χ3n) is 4.83. The van der Waals surface area contributed by atoms with Crippen molar-refractivity contribution in [3.8, 4) is 5.69 Å². The summed E-state index contributed by atoms with van der Waals surface area (Å²) in [6, 6.07) is 10.5. The van der Waals surface area contributed by atoms with Crippen molar-refractivity contribution < 1.29 is 4.74 Å². The van der Waals surface area contributed by atoms with E-state index < -0.39 is 0 Å². The van der Waals surface area contributed by atoms with Crippen LogP contribution >= 0.6 is 0 Å². The molecule has 1 saturated heterocycles. The zero-order valence-electron chi connectivity index (χ0n) is 14.9. The summed E-state index contributed by atoms with van der Waals surface area (Å²) >= 11 is 0. The van der Waals surface area contributed by atoms with Crippen LogP contribution in [0.5, 0.6) is 0 Å². The van der Waals surface area contributed by atoms with E-state index in [1.165, 1.54) is 5.56 Å². The molecule has 130 valence electrons. The minimum atomic E-state index is 0.119. The Bertz CT molecular complexity index is 632. The van der Waals surface area contributed by atoms with Gasteiger partial charge in [0.25, 0.3) is 0 Å². The Morgan fingerprint density at radius 2 is 1.92 bits per heavy atom. The number of rotatable bonds is 6. The molecule has 1 aliphatic rings. The lowest BCUT2D eigenvalue weighted by atomic mass is 10.0. The largest absolute Gasteiger partial charge is 0.379 e. The minimum absolute atomic E-state index is 0.119. The van der Waals surface area contributed by atoms with Crippen LogP contribution in [0.2, 0.25) is 0 Å². The van der Waals surface area contributed by atoms with Crippen molar-refractivity contribution in [3.63, 3.8) is 0 Å². The first-order chi connectivity index (χ1) is 11.6. The SMILES string of the molecule is C[C@H](NCC(C)(C)N1CCOCC1)c1cnn(-c2ccccc2)c1. The number of hydrogen-bond acceptors (Lipinski definition) is 4. The van der Waals surface area contributed by atoms with Gasteiger partial charge in [-0.3, -0.25) is 4.90 Å². The van der Waals surface area contributed by atoms with Gasteiger partial charge in [0, 0.05) is 43.0 Å². The average Bonchev–Trinajstić information content (AvgIpc) is 3.11. The predicted molar refractivity (Wildman–Crippen MR) is 96.5 cm³/mol. The van der Waals surface area contributed by atoms with Crippen molar-refractivity contribution in [2.75, 3.05) is 32.8 Å². The predicted octanol–water partition coefficient (Wildman–Crippen LogP) is 2.63. The lowest BCUT2D eigenvalue weighted by Gasteiger charge is -2.41. The van der Waals surface area contributed by atoms with Crippen LogP contribution < -0.4 is 5.32 Å². The average molecular weight is 328 g/mol. The van der Waals surface area contributed by atoms with Crippen molar-refractivity contribution in [2.45, 2.75) is 32.4 Å². The summed E-state index contributed by atoms with van der Waals surface area (Å²) in [5.41, 5.74) is 2.41. The number of aromatic nitrogens is 2. The van der Waals surface area contributed by atoms with Crippen molar-refractivity contribution in [1.82, 2.24) is 20.0 Å². The maximum Gasteiger partial charge on any atom is 0.0645 e. The van der Waals surface area contributed by atoms with E-state index in [0.717, 1.165) is 38.5 Å². The molecule has 1 atom stereocenters. The Kier molecular flexibility index (Phi) is 5.33. The van der Waals surface area contributed by atoms with Gasteiger partial charge in [0.1, 0.15) is 0 Å². The number of ether oxygens (including phenoxy) is 1. The second kappa shape index (κ2) is 7.47. The van der Waals surface area contributed by atoms with Gasteiger partial charge in [0.05, 0.1) is 25.1 Å². The molecule has 0 aliphatic carbocycles. The molecule has 0 spiro atoms. The van der Waals surface area contributed by atoms with E-state index in [1.807, 2.05) is 29.1 Å². The van der Waals surface area contributed by atoms with Crippen LogP contribution in [-0.2, 0) is 4.74 Å². The molecule has 0 radical (unpaired) electrons. The fourth-order valence-corrected chi connectivity index (χ4v) is 3.08. The topological polar surface area (TPSA) is 42.3 Å². The normalized spacial score (nSPS) is 17.8. The van der Waals surface area contributed by atoms with Crippen LogP contribution in [0.25, 0.3) is 5.69 Å². The fraction of sp³-hybridized carbons (Fsp3) is 0.526. The van der Waals surface area contributed by atoms with Gasteiger partial charge in [0.2, 0.25) is 0 Å². The number of nitrogens with zero attached hydrogens (tertiary/aromatic N) is 3. The second-order valence-electron chi connectivity index (χ2n) is 7.07. The summed E-state index contributed by atoms with van der Waals surface area (Å²) in [6.07, 6.45) is 4.06. The highest BCUT2D eigenvalue weighted by Gasteiger charge is 2.28. The first-order valence-electron chi connectivity index (χ1n) is 8.72. The molecule has 0 amide bonds. The first kappa shape index (κ1) is 17.1. The van der Waals surface area contributed by atoms with Crippen molar-refractivity contribution in [3.05, 3.63) is 48.3 Å². The molecular weight excluding hydrogens is 300 g/mol. The van der Waals surface area contributed by atoms with E-state index in [-0.39, 0.29) is 11.6 Å². The Hall–Kier alpha value is -1.69. The van der Waals surface area contributed by atoms with Crippen LogP contribution in [0.15, 0.2) is 42.7 Å². The smallest absolute Gasteiger partial charge is 0.0645 e. The molecule has 3 rings (SSSR count). The molecule has 1 aromatic carbocycles.